The van der Waals surface area contributed by atoms with Crippen LogP contribution in [0.5, 0.6) is 0 Å². The number of aryl methyl sites for hydroxylation is 1. The number of nitrogens with zero attached hydrogens (tertiary/aromatic N) is 1. The number of rotatable bonds is 3. The van der Waals surface area contributed by atoms with Gasteiger partial charge in [-0.1, -0.05) is 42.5 Å². The normalized spacial score (nSPS) is 21.2. The van der Waals surface area contributed by atoms with Crippen LogP contribution in [0.15, 0.2) is 54.6 Å². The van der Waals surface area contributed by atoms with Gasteiger partial charge in [-0.3, -0.25) is 4.90 Å². The maximum Gasteiger partial charge on any atom is 0.416 e. The Hall–Kier alpha value is -2.80. The van der Waals surface area contributed by atoms with E-state index in [-0.39, 0.29) is 18.7 Å². The van der Waals surface area contributed by atoms with E-state index in [4.69, 9.17) is 9.47 Å². The lowest BCUT2D eigenvalue weighted by Crippen LogP contribution is -2.56. The highest BCUT2D eigenvalue weighted by Gasteiger charge is 2.39. The quantitative estimate of drug-likeness (QED) is 0.689. The molecular weight excluding hydrogens is 395 g/mol. The molecule has 0 N–H and O–H groups in total. The van der Waals surface area contributed by atoms with Crippen molar-refractivity contribution in [3.8, 4) is 0 Å². The maximum atomic E-state index is 13.2. The third kappa shape index (κ3) is 4.21. The molecule has 2 atom stereocenters. The summed E-state index contributed by atoms with van der Waals surface area (Å²) in [4.78, 5) is 14.4. The Kier molecular flexibility index (Phi) is 5.56. The standard InChI is InChI=1S/C23H22F3NO3/c1-15-7-8-18(23(24,25)26)11-21(15)17-9-19-13-29-14-20(10-17)27(19)22(28)30-12-16-5-3-2-4-6-16/h2-9,11,19-20H,10,12-14H2,1H3. The lowest BCUT2D eigenvalue weighted by atomic mass is 9.87. The minimum absolute atomic E-state index is 0.166. The highest BCUT2D eigenvalue weighted by molar-refractivity contribution is 5.76. The number of morpholine rings is 1. The second kappa shape index (κ2) is 8.14. The Balaban J connectivity index is 1.56. The van der Waals surface area contributed by atoms with E-state index in [0.717, 1.165) is 22.8 Å². The summed E-state index contributed by atoms with van der Waals surface area (Å²) in [6, 6.07) is 12.5. The largest absolute Gasteiger partial charge is 0.445 e. The highest BCUT2D eigenvalue weighted by Crippen LogP contribution is 2.37. The lowest BCUT2D eigenvalue weighted by molar-refractivity contribution is -0.137. The predicted octanol–water partition coefficient (Wildman–Crippen LogP) is 5.21. The molecule has 1 fully saturated rings. The fourth-order valence-corrected chi connectivity index (χ4v) is 4.02. The first-order valence-electron chi connectivity index (χ1n) is 9.78. The van der Waals surface area contributed by atoms with Gasteiger partial charge in [-0.2, -0.15) is 13.2 Å². The molecule has 2 bridgehead atoms. The molecule has 1 amide bonds. The molecule has 4 nitrogen and oxygen atoms in total. The second-order valence-corrected chi connectivity index (χ2v) is 7.63. The Morgan fingerprint density at radius 2 is 1.93 bits per heavy atom. The van der Waals surface area contributed by atoms with Crippen LogP contribution in [0, 0.1) is 6.92 Å². The molecule has 2 heterocycles. The van der Waals surface area contributed by atoms with Crippen LogP contribution in [0.25, 0.3) is 5.57 Å². The average molecular weight is 417 g/mol. The maximum absolute atomic E-state index is 13.2. The third-order valence-electron chi connectivity index (χ3n) is 5.53. The number of amides is 1. The molecule has 0 aliphatic carbocycles. The Morgan fingerprint density at radius 1 is 1.17 bits per heavy atom. The molecule has 30 heavy (non-hydrogen) atoms. The summed E-state index contributed by atoms with van der Waals surface area (Å²) in [5.41, 5.74) is 2.37. The van der Waals surface area contributed by atoms with Gasteiger partial charge in [-0.05, 0) is 47.7 Å². The first-order valence-corrected chi connectivity index (χ1v) is 9.78. The zero-order chi connectivity index (χ0) is 21.3. The van der Waals surface area contributed by atoms with E-state index < -0.39 is 17.8 Å². The first-order chi connectivity index (χ1) is 14.3. The lowest BCUT2D eigenvalue weighted by Gasteiger charge is -2.44. The van der Waals surface area contributed by atoms with Gasteiger partial charge in [0.1, 0.15) is 6.61 Å². The van der Waals surface area contributed by atoms with Gasteiger partial charge < -0.3 is 9.47 Å². The van der Waals surface area contributed by atoms with Crippen LogP contribution < -0.4 is 0 Å². The van der Waals surface area contributed by atoms with Crippen LogP contribution in [0.3, 0.4) is 0 Å². The van der Waals surface area contributed by atoms with Crippen molar-refractivity contribution in [2.24, 2.45) is 0 Å². The number of benzene rings is 2. The SMILES string of the molecule is Cc1ccc(C(F)(F)F)cc1C1=CC2COCC(C1)N2C(=O)OCc1ccccc1. The van der Waals surface area contributed by atoms with Crippen molar-refractivity contribution in [1.82, 2.24) is 4.90 Å². The number of carbonyl (C=O) groups is 1. The van der Waals surface area contributed by atoms with Crippen LogP contribution in [0.1, 0.15) is 28.7 Å². The minimum Gasteiger partial charge on any atom is -0.445 e. The van der Waals surface area contributed by atoms with Gasteiger partial charge in [0.15, 0.2) is 0 Å². The van der Waals surface area contributed by atoms with E-state index in [9.17, 15) is 18.0 Å². The predicted molar refractivity (Wildman–Crippen MR) is 106 cm³/mol. The number of halogens is 3. The van der Waals surface area contributed by atoms with Crippen LogP contribution in [-0.4, -0.2) is 36.3 Å². The van der Waals surface area contributed by atoms with Crippen molar-refractivity contribution < 1.29 is 27.4 Å². The monoisotopic (exact) mass is 417 g/mol. The number of fused-ring (bicyclic) bond motifs is 2. The summed E-state index contributed by atoms with van der Waals surface area (Å²) in [5, 5.41) is 0. The van der Waals surface area contributed by atoms with E-state index in [1.807, 2.05) is 36.4 Å². The van der Waals surface area contributed by atoms with Gasteiger partial charge in [-0.15, -0.1) is 0 Å². The van der Waals surface area contributed by atoms with E-state index in [2.05, 4.69) is 0 Å². The summed E-state index contributed by atoms with van der Waals surface area (Å²) in [6.45, 7) is 2.58. The van der Waals surface area contributed by atoms with Crippen LogP contribution in [-0.2, 0) is 22.3 Å². The van der Waals surface area contributed by atoms with E-state index in [1.165, 1.54) is 12.1 Å². The Bertz CT molecular complexity index is 956. The molecular formula is C23H22F3NO3. The summed E-state index contributed by atoms with van der Waals surface area (Å²) in [5.74, 6) is 0. The van der Waals surface area contributed by atoms with Crippen molar-refractivity contribution in [1.29, 1.82) is 0 Å². The van der Waals surface area contributed by atoms with Crippen LogP contribution in [0.4, 0.5) is 18.0 Å². The average Bonchev–Trinajstić information content (AvgIpc) is 2.71. The van der Waals surface area contributed by atoms with E-state index in [1.54, 1.807) is 11.8 Å². The third-order valence-corrected chi connectivity index (χ3v) is 5.53. The number of hydrogen-bond acceptors (Lipinski definition) is 3. The van der Waals surface area contributed by atoms with Crippen molar-refractivity contribution >= 4 is 11.7 Å². The first kappa shape index (κ1) is 20.5. The van der Waals surface area contributed by atoms with Gasteiger partial charge in [0, 0.05) is 0 Å². The molecule has 7 heteroatoms. The number of carbonyl (C=O) groups excluding carboxylic acids is 1. The molecule has 2 aromatic carbocycles. The fraction of sp³-hybridized carbons (Fsp3) is 0.348. The number of ether oxygens (including phenoxy) is 2. The molecule has 0 radical (unpaired) electrons. The van der Waals surface area contributed by atoms with E-state index >= 15 is 0 Å². The molecule has 2 unspecified atom stereocenters. The molecule has 158 valence electrons. The summed E-state index contributed by atoms with van der Waals surface area (Å²) in [6.07, 6.45) is -2.58. The zero-order valence-corrected chi connectivity index (χ0v) is 16.5. The fourth-order valence-electron chi connectivity index (χ4n) is 4.02. The van der Waals surface area contributed by atoms with Gasteiger partial charge in [-0.25, -0.2) is 4.79 Å². The van der Waals surface area contributed by atoms with Crippen molar-refractivity contribution in [2.75, 3.05) is 13.2 Å². The van der Waals surface area contributed by atoms with Crippen molar-refractivity contribution in [3.05, 3.63) is 76.9 Å². The zero-order valence-electron chi connectivity index (χ0n) is 16.5. The minimum atomic E-state index is -4.40. The molecule has 0 saturated carbocycles. The molecule has 2 aromatic rings. The second-order valence-electron chi connectivity index (χ2n) is 7.63. The molecule has 1 saturated heterocycles. The highest BCUT2D eigenvalue weighted by atomic mass is 19.4. The molecule has 2 aliphatic heterocycles. The smallest absolute Gasteiger partial charge is 0.416 e. The summed E-state index contributed by atoms with van der Waals surface area (Å²) >= 11 is 0. The van der Waals surface area contributed by atoms with Gasteiger partial charge in [0.05, 0.1) is 30.9 Å². The molecule has 4 rings (SSSR count). The van der Waals surface area contributed by atoms with Gasteiger partial charge in [0.25, 0.3) is 0 Å². The Morgan fingerprint density at radius 3 is 2.63 bits per heavy atom. The van der Waals surface area contributed by atoms with Crippen LogP contribution in [0.2, 0.25) is 0 Å². The number of hydrogen-bond donors (Lipinski definition) is 0. The van der Waals surface area contributed by atoms with Gasteiger partial charge >= 0.3 is 12.3 Å². The topological polar surface area (TPSA) is 38.8 Å². The van der Waals surface area contributed by atoms with Gasteiger partial charge in [0.2, 0.25) is 0 Å². The summed E-state index contributed by atoms with van der Waals surface area (Å²) < 4.78 is 50.6. The number of alkyl halides is 3. The van der Waals surface area contributed by atoms with E-state index in [0.29, 0.717) is 25.2 Å². The van der Waals surface area contributed by atoms with Crippen molar-refractivity contribution in [3.63, 3.8) is 0 Å². The molecule has 0 spiro atoms. The molecule has 2 aliphatic rings. The summed E-state index contributed by atoms with van der Waals surface area (Å²) in [7, 11) is 0. The Labute approximate surface area is 172 Å². The van der Waals surface area contributed by atoms with Crippen molar-refractivity contribution in [2.45, 2.75) is 38.2 Å². The van der Waals surface area contributed by atoms with Crippen LogP contribution >= 0.6 is 0 Å². The molecule has 0 aromatic heterocycles.